The molecule has 0 unspecified atom stereocenters. The lowest BCUT2D eigenvalue weighted by Gasteiger charge is -2.13. The van der Waals surface area contributed by atoms with E-state index in [0.717, 1.165) is 5.56 Å². The molecule has 0 saturated heterocycles. The Kier molecular flexibility index (Phi) is 5.17. The van der Waals surface area contributed by atoms with Crippen LogP contribution in [0.1, 0.15) is 17.2 Å². The van der Waals surface area contributed by atoms with Crippen LogP contribution in [0.5, 0.6) is 0 Å². The summed E-state index contributed by atoms with van der Waals surface area (Å²) in [5.41, 5.74) is 3.84. The molecule has 0 fully saturated rings. The second-order valence-electron chi connectivity index (χ2n) is 4.31. The van der Waals surface area contributed by atoms with Crippen LogP contribution in [0, 0.1) is 5.82 Å². The lowest BCUT2D eigenvalue weighted by atomic mass is 10.1. The highest BCUT2D eigenvalue weighted by atomic mass is 19.1. The number of ether oxygens (including phenoxy) is 1. The third-order valence-corrected chi connectivity index (χ3v) is 2.83. The maximum atomic E-state index is 12.7. The van der Waals surface area contributed by atoms with E-state index >= 15 is 0 Å². The van der Waals surface area contributed by atoms with Gasteiger partial charge in [-0.05, 0) is 23.3 Å². The van der Waals surface area contributed by atoms with E-state index in [1.54, 1.807) is 24.3 Å². The van der Waals surface area contributed by atoms with E-state index in [0.29, 0.717) is 5.56 Å². The van der Waals surface area contributed by atoms with Gasteiger partial charge in [-0.1, -0.05) is 42.5 Å². The van der Waals surface area contributed by atoms with Gasteiger partial charge in [0.2, 0.25) is 0 Å². The van der Waals surface area contributed by atoms with Crippen molar-refractivity contribution >= 4 is 12.1 Å². The second-order valence-corrected chi connectivity index (χ2v) is 4.31. The predicted octanol–water partition coefficient (Wildman–Crippen LogP) is 2.66. The summed E-state index contributed by atoms with van der Waals surface area (Å²) < 4.78 is 17.9. The van der Waals surface area contributed by atoms with Crippen molar-refractivity contribution in [3.05, 3.63) is 71.5 Å². The van der Waals surface area contributed by atoms with Crippen LogP contribution >= 0.6 is 0 Å². The molecule has 21 heavy (non-hydrogen) atoms. The second kappa shape index (κ2) is 7.31. The summed E-state index contributed by atoms with van der Waals surface area (Å²) in [4.78, 5) is 12.0. The van der Waals surface area contributed by atoms with Crippen LogP contribution in [0.15, 0.2) is 59.7 Å². The Morgan fingerprint density at radius 2 is 1.86 bits per heavy atom. The number of nitrogens with one attached hydrogen (secondary N) is 1. The van der Waals surface area contributed by atoms with Crippen molar-refractivity contribution in [2.45, 2.75) is 6.10 Å². The van der Waals surface area contributed by atoms with Gasteiger partial charge in [0.25, 0.3) is 5.91 Å². The normalized spacial score (nSPS) is 12.3. The molecule has 1 atom stereocenters. The number of carbonyl (C=O) groups is 1. The van der Waals surface area contributed by atoms with Crippen LogP contribution in [-0.2, 0) is 9.53 Å². The fourth-order valence-electron chi connectivity index (χ4n) is 1.80. The molecule has 0 aliphatic carbocycles. The molecule has 0 radical (unpaired) electrons. The molecule has 0 aliphatic heterocycles. The molecule has 0 heterocycles. The first-order chi connectivity index (χ1) is 10.2. The van der Waals surface area contributed by atoms with Crippen molar-refractivity contribution in [3.8, 4) is 0 Å². The predicted molar refractivity (Wildman–Crippen MR) is 78.3 cm³/mol. The minimum atomic E-state index is -0.725. The summed E-state index contributed by atoms with van der Waals surface area (Å²) >= 11 is 0. The zero-order valence-corrected chi connectivity index (χ0v) is 11.5. The standard InChI is InChI=1S/C16H15FN2O2/c1-21-15(13-5-3-2-4-6-13)16(20)19-18-11-12-7-9-14(17)10-8-12/h2-11,15H,1H3,(H,19,20)/b18-11-/t15-/m0/s1. The molecule has 5 heteroatoms. The van der Waals surface area contributed by atoms with Crippen LogP contribution in [0.3, 0.4) is 0 Å². The van der Waals surface area contributed by atoms with Crippen molar-refractivity contribution in [2.24, 2.45) is 5.10 Å². The van der Waals surface area contributed by atoms with Crippen LogP contribution in [0.2, 0.25) is 0 Å². The van der Waals surface area contributed by atoms with Crippen LogP contribution in [0.4, 0.5) is 4.39 Å². The number of amides is 1. The summed E-state index contributed by atoms with van der Waals surface area (Å²) in [6.07, 6.45) is 0.714. The van der Waals surface area contributed by atoms with Gasteiger partial charge < -0.3 is 4.74 Å². The maximum Gasteiger partial charge on any atom is 0.273 e. The number of nitrogens with zero attached hydrogens (tertiary/aromatic N) is 1. The Labute approximate surface area is 122 Å². The monoisotopic (exact) mass is 286 g/mol. The van der Waals surface area contributed by atoms with Gasteiger partial charge in [-0.2, -0.15) is 5.10 Å². The molecule has 1 amide bonds. The minimum Gasteiger partial charge on any atom is -0.367 e. The van der Waals surface area contributed by atoms with Crippen LogP contribution in [-0.4, -0.2) is 19.2 Å². The summed E-state index contributed by atoms with van der Waals surface area (Å²) in [5.74, 6) is -0.693. The number of methoxy groups -OCH3 is 1. The molecule has 0 aliphatic rings. The summed E-state index contributed by atoms with van der Waals surface area (Å²) in [6, 6.07) is 14.9. The first-order valence-corrected chi connectivity index (χ1v) is 6.37. The number of carbonyl (C=O) groups excluding carboxylic acids is 1. The van der Waals surface area contributed by atoms with Gasteiger partial charge in [-0.15, -0.1) is 0 Å². The van der Waals surface area contributed by atoms with E-state index in [4.69, 9.17) is 4.74 Å². The molecule has 2 aromatic carbocycles. The molecular formula is C16H15FN2O2. The van der Waals surface area contributed by atoms with Crippen molar-refractivity contribution in [1.29, 1.82) is 0 Å². The lowest BCUT2D eigenvalue weighted by Crippen LogP contribution is -2.26. The van der Waals surface area contributed by atoms with E-state index in [-0.39, 0.29) is 11.7 Å². The summed E-state index contributed by atoms with van der Waals surface area (Å²) in [6.45, 7) is 0. The molecule has 1 N–H and O–H groups in total. The van der Waals surface area contributed by atoms with Gasteiger partial charge in [-0.3, -0.25) is 4.79 Å². The molecule has 0 bridgehead atoms. The number of rotatable bonds is 5. The molecule has 108 valence electrons. The zero-order valence-electron chi connectivity index (χ0n) is 11.5. The van der Waals surface area contributed by atoms with Gasteiger partial charge >= 0.3 is 0 Å². The Morgan fingerprint density at radius 1 is 1.19 bits per heavy atom. The molecule has 0 aromatic heterocycles. The fraction of sp³-hybridized carbons (Fsp3) is 0.125. The highest BCUT2D eigenvalue weighted by molar-refractivity contribution is 5.85. The van der Waals surface area contributed by atoms with Gasteiger partial charge in [0.05, 0.1) is 6.21 Å². The molecule has 2 rings (SSSR count). The number of halogens is 1. The first-order valence-electron chi connectivity index (χ1n) is 6.37. The largest absolute Gasteiger partial charge is 0.367 e. The van der Waals surface area contributed by atoms with E-state index in [1.165, 1.54) is 25.5 Å². The highest BCUT2D eigenvalue weighted by Gasteiger charge is 2.18. The highest BCUT2D eigenvalue weighted by Crippen LogP contribution is 2.15. The average molecular weight is 286 g/mol. The topological polar surface area (TPSA) is 50.7 Å². The smallest absolute Gasteiger partial charge is 0.273 e. The Bertz CT molecular complexity index is 612. The Morgan fingerprint density at radius 3 is 2.48 bits per heavy atom. The van der Waals surface area contributed by atoms with Crippen molar-refractivity contribution in [1.82, 2.24) is 5.43 Å². The first kappa shape index (κ1) is 14.9. The minimum absolute atomic E-state index is 0.320. The van der Waals surface area contributed by atoms with E-state index in [1.807, 2.05) is 18.2 Å². The fourth-order valence-corrected chi connectivity index (χ4v) is 1.80. The lowest BCUT2D eigenvalue weighted by molar-refractivity contribution is -0.131. The van der Waals surface area contributed by atoms with Crippen molar-refractivity contribution in [2.75, 3.05) is 7.11 Å². The molecule has 2 aromatic rings. The van der Waals surface area contributed by atoms with Gasteiger partial charge in [0, 0.05) is 7.11 Å². The van der Waals surface area contributed by atoms with Crippen LogP contribution < -0.4 is 5.43 Å². The van der Waals surface area contributed by atoms with Crippen LogP contribution in [0.25, 0.3) is 0 Å². The number of benzene rings is 2. The molecule has 0 saturated carbocycles. The third kappa shape index (κ3) is 4.22. The molecular weight excluding hydrogens is 271 g/mol. The Balaban J connectivity index is 1.98. The van der Waals surface area contributed by atoms with Gasteiger partial charge in [0.1, 0.15) is 5.82 Å². The van der Waals surface area contributed by atoms with Gasteiger partial charge in [-0.25, -0.2) is 9.82 Å². The SMILES string of the molecule is CO[C@H](C(=O)N/N=C\c1ccc(F)cc1)c1ccccc1. The molecule has 4 nitrogen and oxygen atoms in total. The Hall–Kier alpha value is -2.53. The zero-order chi connectivity index (χ0) is 15.1. The van der Waals surface area contributed by atoms with Crippen molar-refractivity contribution < 1.29 is 13.9 Å². The number of hydrazone groups is 1. The summed E-state index contributed by atoms with van der Waals surface area (Å²) in [5, 5.41) is 3.84. The van der Waals surface area contributed by atoms with E-state index in [9.17, 15) is 9.18 Å². The number of hydrogen-bond donors (Lipinski definition) is 1. The van der Waals surface area contributed by atoms with E-state index < -0.39 is 6.10 Å². The van der Waals surface area contributed by atoms with Gasteiger partial charge in [0.15, 0.2) is 6.10 Å². The molecule has 0 spiro atoms. The van der Waals surface area contributed by atoms with E-state index in [2.05, 4.69) is 10.5 Å². The third-order valence-electron chi connectivity index (χ3n) is 2.83. The van der Waals surface area contributed by atoms with Crippen molar-refractivity contribution in [3.63, 3.8) is 0 Å². The summed E-state index contributed by atoms with van der Waals surface area (Å²) in [7, 11) is 1.46. The average Bonchev–Trinajstić information content (AvgIpc) is 2.51. The number of hydrogen-bond acceptors (Lipinski definition) is 3. The maximum absolute atomic E-state index is 12.7. The quantitative estimate of drug-likeness (QED) is 0.678.